The van der Waals surface area contributed by atoms with Gasteiger partial charge in [0.25, 0.3) is 0 Å². The summed E-state index contributed by atoms with van der Waals surface area (Å²) in [6.07, 6.45) is 4.07. The molecule has 0 aromatic heterocycles. The first-order chi connectivity index (χ1) is 8.58. The van der Waals surface area contributed by atoms with Gasteiger partial charge in [-0.1, -0.05) is 26.7 Å². The molecule has 0 heterocycles. The number of ether oxygens (including phenoxy) is 1. The van der Waals surface area contributed by atoms with Crippen LogP contribution < -0.4 is 11.1 Å². The number of carbonyl (C=O) groups excluding carboxylic acids is 1. The lowest BCUT2D eigenvalue weighted by atomic mass is 9.87. The smallest absolute Gasteiger partial charge is 0.408 e. The summed E-state index contributed by atoms with van der Waals surface area (Å²) in [5.74, 6) is 0.370. The molecule has 4 nitrogen and oxygen atoms in total. The molecule has 2 saturated carbocycles. The van der Waals surface area contributed by atoms with Crippen LogP contribution in [0.25, 0.3) is 0 Å². The van der Waals surface area contributed by atoms with Crippen LogP contribution in [0.5, 0.6) is 0 Å². The number of rotatable bonds is 2. The van der Waals surface area contributed by atoms with Crippen molar-refractivity contribution in [1.82, 2.24) is 5.32 Å². The van der Waals surface area contributed by atoms with E-state index in [9.17, 15) is 4.79 Å². The lowest BCUT2D eigenvalue weighted by molar-refractivity contribution is 0.0432. The van der Waals surface area contributed by atoms with Crippen molar-refractivity contribution < 1.29 is 9.53 Å². The molecule has 0 aromatic rings. The molecule has 0 aromatic carbocycles. The summed E-state index contributed by atoms with van der Waals surface area (Å²) >= 11 is 0. The minimum atomic E-state index is -0.453. The van der Waals surface area contributed by atoms with E-state index in [1.807, 2.05) is 20.8 Å². The minimum Gasteiger partial charge on any atom is -0.444 e. The molecule has 2 fully saturated rings. The third kappa shape index (κ3) is 2.73. The first kappa shape index (κ1) is 14.6. The van der Waals surface area contributed by atoms with Crippen molar-refractivity contribution in [3.05, 3.63) is 0 Å². The summed E-state index contributed by atoms with van der Waals surface area (Å²) in [6.45, 7) is 10.1. The molecule has 4 heteroatoms. The molecule has 0 radical (unpaired) electrons. The fraction of sp³-hybridized carbons (Fsp3) is 0.933. The van der Waals surface area contributed by atoms with Gasteiger partial charge < -0.3 is 15.8 Å². The summed E-state index contributed by atoms with van der Waals surface area (Å²) in [7, 11) is 0. The van der Waals surface area contributed by atoms with E-state index in [0.717, 1.165) is 25.7 Å². The van der Waals surface area contributed by atoms with Crippen LogP contribution >= 0.6 is 0 Å². The highest BCUT2D eigenvalue weighted by Crippen LogP contribution is 2.60. The normalized spacial score (nSPS) is 31.9. The highest BCUT2D eigenvalue weighted by Gasteiger charge is 2.65. The highest BCUT2D eigenvalue weighted by atomic mass is 16.6. The van der Waals surface area contributed by atoms with Crippen LogP contribution in [0, 0.1) is 11.3 Å². The van der Waals surface area contributed by atoms with E-state index < -0.39 is 5.60 Å². The predicted molar refractivity (Wildman–Crippen MR) is 75.8 cm³/mol. The largest absolute Gasteiger partial charge is 0.444 e. The van der Waals surface area contributed by atoms with Crippen molar-refractivity contribution in [2.45, 2.75) is 77.5 Å². The number of alkyl carbamates (subject to hydrolysis) is 1. The lowest BCUT2D eigenvalue weighted by Gasteiger charge is -2.33. The van der Waals surface area contributed by atoms with Gasteiger partial charge in [-0.15, -0.1) is 0 Å². The van der Waals surface area contributed by atoms with Gasteiger partial charge >= 0.3 is 6.09 Å². The van der Waals surface area contributed by atoms with E-state index in [1.54, 1.807) is 0 Å². The number of carbonyl (C=O) groups is 1. The van der Waals surface area contributed by atoms with Gasteiger partial charge in [0.2, 0.25) is 0 Å². The lowest BCUT2D eigenvalue weighted by Crippen LogP contribution is -2.51. The van der Waals surface area contributed by atoms with Crippen LogP contribution in [0.4, 0.5) is 4.79 Å². The Balaban J connectivity index is 2.08. The Morgan fingerprint density at radius 2 is 1.74 bits per heavy atom. The zero-order chi connectivity index (χ0) is 14.5. The summed E-state index contributed by atoms with van der Waals surface area (Å²) < 4.78 is 5.42. The van der Waals surface area contributed by atoms with Gasteiger partial charge in [-0.05, 0) is 39.0 Å². The summed E-state index contributed by atoms with van der Waals surface area (Å²) in [6, 6.07) is 0.181. The Morgan fingerprint density at radius 1 is 1.26 bits per heavy atom. The molecule has 2 aliphatic carbocycles. The second-order valence-electron chi connectivity index (χ2n) is 7.81. The van der Waals surface area contributed by atoms with Crippen LogP contribution in [0.1, 0.15) is 60.3 Å². The predicted octanol–water partition coefficient (Wildman–Crippen LogP) is 2.81. The van der Waals surface area contributed by atoms with Crippen molar-refractivity contribution in [3.8, 4) is 0 Å². The number of nitrogens with two attached hydrogens (primary N) is 1. The maximum absolute atomic E-state index is 12.1. The fourth-order valence-electron chi connectivity index (χ4n) is 3.76. The molecule has 19 heavy (non-hydrogen) atoms. The quantitative estimate of drug-likeness (QED) is 0.809. The van der Waals surface area contributed by atoms with E-state index in [0.29, 0.717) is 5.92 Å². The fourth-order valence-corrected chi connectivity index (χ4v) is 3.76. The molecular weight excluding hydrogens is 240 g/mol. The van der Waals surface area contributed by atoms with Crippen LogP contribution in [-0.2, 0) is 4.74 Å². The van der Waals surface area contributed by atoms with E-state index in [-0.39, 0.29) is 23.1 Å². The van der Waals surface area contributed by atoms with Gasteiger partial charge in [0.1, 0.15) is 5.60 Å². The van der Waals surface area contributed by atoms with Crippen LogP contribution in [0.3, 0.4) is 0 Å². The number of hydrogen-bond donors (Lipinski definition) is 2. The summed E-state index contributed by atoms with van der Waals surface area (Å²) in [5.41, 5.74) is 5.74. The van der Waals surface area contributed by atoms with Crippen molar-refractivity contribution in [2.24, 2.45) is 17.1 Å². The van der Waals surface area contributed by atoms with Crippen molar-refractivity contribution >= 4 is 6.09 Å². The Hall–Kier alpha value is -0.770. The average molecular weight is 268 g/mol. The van der Waals surface area contributed by atoms with Crippen LogP contribution in [0.2, 0.25) is 0 Å². The van der Waals surface area contributed by atoms with Gasteiger partial charge in [-0.2, -0.15) is 0 Å². The van der Waals surface area contributed by atoms with Gasteiger partial charge in [0.15, 0.2) is 0 Å². The molecule has 110 valence electrons. The molecule has 2 atom stereocenters. The molecule has 1 amide bonds. The van der Waals surface area contributed by atoms with Gasteiger partial charge in [-0.3, -0.25) is 0 Å². The first-order valence-corrected chi connectivity index (χ1v) is 7.35. The van der Waals surface area contributed by atoms with Crippen molar-refractivity contribution in [2.75, 3.05) is 0 Å². The van der Waals surface area contributed by atoms with E-state index >= 15 is 0 Å². The van der Waals surface area contributed by atoms with E-state index in [4.69, 9.17) is 10.5 Å². The molecule has 3 N–H and O–H groups in total. The average Bonchev–Trinajstić information content (AvgIpc) is 2.59. The van der Waals surface area contributed by atoms with E-state index in [2.05, 4.69) is 19.2 Å². The molecule has 0 aliphatic heterocycles. The molecule has 0 saturated heterocycles. The molecule has 0 unspecified atom stereocenters. The van der Waals surface area contributed by atoms with Crippen molar-refractivity contribution in [3.63, 3.8) is 0 Å². The molecule has 2 aliphatic rings. The maximum atomic E-state index is 12.1. The Morgan fingerprint density at radius 3 is 2.11 bits per heavy atom. The Kier molecular flexibility index (Phi) is 3.37. The van der Waals surface area contributed by atoms with E-state index in [1.165, 1.54) is 0 Å². The second kappa shape index (κ2) is 4.37. The van der Waals surface area contributed by atoms with Gasteiger partial charge in [0.05, 0.1) is 0 Å². The minimum absolute atomic E-state index is 0.124. The molecule has 2 rings (SSSR count). The zero-order valence-electron chi connectivity index (χ0n) is 12.9. The topological polar surface area (TPSA) is 64.3 Å². The standard InChI is InChI=1S/C15H28N2O2/c1-13(2,3)19-12(18)17-15(8-6-7-9-15)10-11(16)14(10,4)5/h10-11H,6-9,16H2,1-5H3,(H,17,18)/t10-,11-/m1/s1. The maximum Gasteiger partial charge on any atom is 0.408 e. The number of nitrogens with one attached hydrogen (secondary N) is 1. The van der Waals surface area contributed by atoms with Crippen molar-refractivity contribution in [1.29, 1.82) is 0 Å². The third-order valence-electron chi connectivity index (χ3n) is 4.75. The van der Waals surface area contributed by atoms with Gasteiger partial charge in [0, 0.05) is 17.5 Å². The summed E-state index contributed by atoms with van der Waals surface area (Å²) in [5, 5.41) is 3.16. The Labute approximate surface area is 116 Å². The SMILES string of the molecule is CC(C)(C)OC(=O)NC1([C@@H]2[C@@H](N)C2(C)C)CCCC1. The first-order valence-electron chi connectivity index (χ1n) is 7.35. The zero-order valence-corrected chi connectivity index (χ0v) is 12.9. The second-order valence-corrected chi connectivity index (χ2v) is 7.81. The third-order valence-corrected chi connectivity index (χ3v) is 4.75. The monoisotopic (exact) mass is 268 g/mol. The van der Waals surface area contributed by atoms with Crippen LogP contribution in [0.15, 0.2) is 0 Å². The number of amides is 1. The summed E-state index contributed by atoms with van der Waals surface area (Å²) in [4.78, 5) is 12.1. The number of hydrogen-bond acceptors (Lipinski definition) is 3. The highest BCUT2D eigenvalue weighted by molar-refractivity contribution is 5.69. The molecule has 0 spiro atoms. The van der Waals surface area contributed by atoms with Crippen LogP contribution in [-0.4, -0.2) is 23.3 Å². The molecular formula is C15H28N2O2. The van der Waals surface area contributed by atoms with Gasteiger partial charge in [-0.25, -0.2) is 4.79 Å². The Bertz CT molecular complexity index is 365. The molecule has 0 bridgehead atoms.